The number of nitrogens with one attached hydrogen (secondary N) is 2. The minimum Gasteiger partial charge on any atom is -0.459 e. The quantitative estimate of drug-likeness (QED) is 0.234. The van der Waals surface area contributed by atoms with E-state index >= 15 is 0 Å². The summed E-state index contributed by atoms with van der Waals surface area (Å²) < 4.78 is 23.9. The van der Waals surface area contributed by atoms with Gasteiger partial charge in [-0.15, -0.1) is 11.6 Å². The molecule has 2 aromatic carbocycles. The van der Waals surface area contributed by atoms with Crippen molar-refractivity contribution in [3.05, 3.63) is 70.8 Å². The molecule has 1 heterocycles. The maximum Gasteiger partial charge on any atom is 0.320 e. The summed E-state index contributed by atoms with van der Waals surface area (Å²) in [4.78, 5) is 28.2. The van der Waals surface area contributed by atoms with Crippen molar-refractivity contribution >= 4 is 35.2 Å². The number of amidine groups is 2. The van der Waals surface area contributed by atoms with Gasteiger partial charge < -0.3 is 9.47 Å². The minimum absolute atomic E-state index is 0.0113. The first kappa shape index (κ1) is 34.9. The predicted molar refractivity (Wildman–Crippen MR) is 171 cm³/mol. The molecule has 0 bridgehead atoms. The van der Waals surface area contributed by atoms with Crippen LogP contribution in [0.2, 0.25) is 0 Å². The number of rotatable bonds is 14. The van der Waals surface area contributed by atoms with Gasteiger partial charge in [-0.3, -0.25) is 30.2 Å². The van der Waals surface area contributed by atoms with E-state index in [9.17, 15) is 14.0 Å². The molecule has 3 rings (SSSR count). The molecule has 0 radical (unpaired) electrons. The zero-order chi connectivity index (χ0) is 32.3. The Balaban J connectivity index is 1.55. The van der Waals surface area contributed by atoms with E-state index in [4.69, 9.17) is 21.1 Å². The van der Waals surface area contributed by atoms with Gasteiger partial charge in [0.25, 0.3) is 0 Å². The van der Waals surface area contributed by atoms with Crippen LogP contribution in [-0.2, 0) is 32.2 Å². The lowest BCUT2D eigenvalue weighted by Crippen LogP contribution is -2.36. The molecule has 10 nitrogen and oxygen atoms in total. The second-order valence-corrected chi connectivity index (χ2v) is 12.9. The van der Waals surface area contributed by atoms with Crippen molar-refractivity contribution in [2.45, 2.75) is 65.8 Å². The highest BCUT2D eigenvalue weighted by molar-refractivity contribution is 6.18. The van der Waals surface area contributed by atoms with Crippen LogP contribution in [0.25, 0.3) is 0 Å². The monoisotopic (exact) mass is 630 g/mol. The number of benzene rings is 2. The van der Waals surface area contributed by atoms with Crippen LogP contribution in [0.1, 0.15) is 63.8 Å². The molecule has 0 amide bonds. The van der Waals surface area contributed by atoms with Crippen LogP contribution in [0.4, 0.5) is 4.39 Å². The SMILES string of the molecule is CC(C)(C)OC(=O)CN(CCF)Cc1ccc(C2=NNC(c3ccc(CN(CCCl)CC(=O)OC(C)(C)C)cc3)=NN2)cc1. The highest BCUT2D eigenvalue weighted by atomic mass is 35.5. The summed E-state index contributed by atoms with van der Waals surface area (Å²) >= 11 is 5.97. The first-order valence-electron chi connectivity index (χ1n) is 14.6. The van der Waals surface area contributed by atoms with E-state index in [1.54, 1.807) is 25.7 Å². The summed E-state index contributed by atoms with van der Waals surface area (Å²) in [6, 6.07) is 15.4. The third-order valence-corrected chi connectivity index (χ3v) is 6.33. The number of esters is 2. The lowest BCUT2D eigenvalue weighted by atomic mass is 10.1. The molecule has 2 N–H and O–H groups in total. The molecule has 12 heteroatoms. The van der Waals surface area contributed by atoms with E-state index in [1.807, 2.05) is 74.2 Å². The number of hydrazone groups is 2. The van der Waals surface area contributed by atoms with Crippen molar-refractivity contribution in [3.8, 4) is 0 Å². The number of nitrogens with zero attached hydrogens (tertiary/aromatic N) is 4. The highest BCUT2D eigenvalue weighted by Gasteiger charge is 2.21. The van der Waals surface area contributed by atoms with Crippen LogP contribution in [-0.4, -0.2) is 83.3 Å². The molecular weight excluding hydrogens is 587 g/mol. The van der Waals surface area contributed by atoms with Crippen molar-refractivity contribution in [1.29, 1.82) is 0 Å². The number of carbonyl (C=O) groups is 2. The van der Waals surface area contributed by atoms with Crippen molar-refractivity contribution in [3.63, 3.8) is 0 Å². The third kappa shape index (κ3) is 12.2. The Hall–Kier alpha value is -3.54. The zero-order valence-corrected chi connectivity index (χ0v) is 27.2. The minimum atomic E-state index is -0.593. The van der Waals surface area contributed by atoms with Gasteiger partial charge in [0.15, 0.2) is 11.7 Å². The fourth-order valence-corrected chi connectivity index (χ4v) is 4.60. The fourth-order valence-electron chi connectivity index (χ4n) is 4.36. The maximum absolute atomic E-state index is 13.1. The molecule has 44 heavy (non-hydrogen) atoms. The van der Waals surface area contributed by atoms with Crippen LogP contribution in [0.3, 0.4) is 0 Å². The van der Waals surface area contributed by atoms with E-state index in [-0.39, 0.29) is 31.6 Å². The van der Waals surface area contributed by atoms with Crippen LogP contribution in [0.5, 0.6) is 0 Å². The molecule has 1 aliphatic rings. The second-order valence-electron chi connectivity index (χ2n) is 12.5. The van der Waals surface area contributed by atoms with Crippen molar-refractivity contribution in [2.24, 2.45) is 10.2 Å². The fraction of sp³-hybridized carbons (Fsp3) is 0.500. The van der Waals surface area contributed by atoms with Crippen LogP contribution in [0.15, 0.2) is 58.7 Å². The van der Waals surface area contributed by atoms with Gasteiger partial charge in [-0.25, -0.2) is 4.39 Å². The van der Waals surface area contributed by atoms with Crippen LogP contribution in [0, 0.1) is 0 Å². The van der Waals surface area contributed by atoms with Crippen molar-refractivity contribution < 1.29 is 23.5 Å². The second kappa shape index (κ2) is 16.0. The lowest BCUT2D eigenvalue weighted by Gasteiger charge is -2.24. The number of ether oxygens (including phenoxy) is 2. The third-order valence-electron chi connectivity index (χ3n) is 6.16. The van der Waals surface area contributed by atoms with E-state index < -0.39 is 17.9 Å². The molecule has 0 fully saturated rings. The number of halogens is 2. The number of hydrogen-bond donors (Lipinski definition) is 2. The largest absolute Gasteiger partial charge is 0.459 e. The molecule has 0 saturated carbocycles. The Morgan fingerprint density at radius 3 is 1.43 bits per heavy atom. The Labute approximate surface area is 264 Å². The molecule has 0 aromatic heterocycles. The molecule has 0 unspecified atom stereocenters. The van der Waals surface area contributed by atoms with Crippen LogP contribution < -0.4 is 10.9 Å². The van der Waals surface area contributed by atoms with Gasteiger partial charge in [0.05, 0.1) is 13.1 Å². The number of carbonyl (C=O) groups excluding carboxylic acids is 2. The van der Waals surface area contributed by atoms with Crippen molar-refractivity contribution in [2.75, 3.05) is 38.7 Å². The topological polar surface area (TPSA) is 108 Å². The Morgan fingerprint density at radius 1 is 0.727 bits per heavy atom. The highest BCUT2D eigenvalue weighted by Crippen LogP contribution is 2.14. The maximum atomic E-state index is 13.1. The average molecular weight is 631 g/mol. The summed E-state index contributed by atoms with van der Waals surface area (Å²) in [5.41, 5.74) is 8.47. The Kier molecular flexibility index (Phi) is 12.7. The van der Waals surface area contributed by atoms with Gasteiger partial charge in [-0.1, -0.05) is 48.5 Å². The molecule has 2 aromatic rings. The summed E-state index contributed by atoms with van der Waals surface area (Å²) in [6.07, 6.45) is 0. The van der Waals surface area contributed by atoms with E-state index in [2.05, 4.69) is 21.1 Å². The molecule has 0 saturated heterocycles. The van der Waals surface area contributed by atoms with Gasteiger partial charge in [0, 0.05) is 43.2 Å². The number of hydrogen-bond acceptors (Lipinski definition) is 10. The summed E-state index contributed by atoms with van der Waals surface area (Å²) in [5, 5.41) is 8.88. The first-order valence-corrected chi connectivity index (χ1v) is 15.1. The predicted octanol–water partition coefficient (Wildman–Crippen LogP) is 4.40. The van der Waals surface area contributed by atoms with Gasteiger partial charge in [0.2, 0.25) is 0 Å². The molecule has 0 atom stereocenters. The average Bonchev–Trinajstić information content (AvgIpc) is 2.92. The Morgan fingerprint density at radius 2 is 1.11 bits per heavy atom. The normalized spacial score (nSPS) is 13.6. The molecular formula is C32H44ClFN6O4. The Bertz CT molecular complexity index is 1200. The van der Waals surface area contributed by atoms with Gasteiger partial charge in [-0.05, 0) is 52.7 Å². The molecule has 0 aliphatic carbocycles. The van der Waals surface area contributed by atoms with E-state index in [0.29, 0.717) is 37.2 Å². The summed E-state index contributed by atoms with van der Waals surface area (Å²) in [5.74, 6) is 0.843. The van der Waals surface area contributed by atoms with E-state index in [0.717, 1.165) is 22.3 Å². The molecule has 1 aliphatic heterocycles. The van der Waals surface area contributed by atoms with Gasteiger partial charge >= 0.3 is 11.9 Å². The number of alkyl halides is 2. The smallest absolute Gasteiger partial charge is 0.320 e. The van der Waals surface area contributed by atoms with Gasteiger partial charge in [-0.2, -0.15) is 10.2 Å². The van der Waals surface area contributed by atoms with E-state index in [1.165, 1.54) is 0 Å². The van der Waals surface area contributed by atoms with Crippen LogP contribution >= 0.6 is 11.6 Å². The molecule has 240 valence electrons. The molecule has 0 spiro atoms. The zero-order valence-electron chi connectivity index (χ0n) is 26.5. The standard InChI is InChI=1S/C32H44ClFN6O4/c1-31(2,3)43-27(41)21-39(17-15-33)19-23-7-11-25(12-8-23)29-35-37-30(38-36-29)26-13-9-24(10-14-26)20-40(18-16-34)22-28(42)44-32(4,5)6/h7-14H,15-22H2,1-6H3,(H,35,36)(H,37,38). The summed E-state index contributed by atoms with van der Waals surface area (Å²) in [7, 11) is 0. The van der Waals surface area contributed by atoms with Gasteiger partial charge in [0.1, 0.15) is 17.9 Å². The summed E-state index contributed by atoms with van der Waals surface area (Å²) in [6.45, 7) is 12.2. The lowest BCUT2D eigenvalue weighted by molar-refractivity contribution is -0.157. The first-order chi connectivity index (χ1) is 20.7. The van der Waals surface area contributed by atoms with Crippen molar-refractivity contribution in [1.82, 2.24) is 20.7 Å².